The highest BCUT2D eigenvalue weighted by Gasteiger charge is 2.16. The topological polar surface area (TPSA) is 46.2 Å². The molecule has 0 aromatic heterocycles. The zero-order valence-corrected chi connectivity index (χ0v) is 11.3. The Hall–Kier alpha value is -0.870. The highest BCUT2D eigenvalue weighted by Crippen LogP contribution is 2.19. The normalized spacial score (nSPS) is 14.0. The highest BCUT2D eigenvalue weighted by atomic mass is 35.5. The Morgan fingerprint density at radius 2 is 2.06 bits per heavy atom. The fourth-order valence-electron chi connectivity index (χ4n) is 1.30. The van der Waals surface area contributed by atoms with Crippen molar-refractivity contribution in [2.75, 3.05) is 18.1 Å². The summed E-state index contributed by atoms with van der Waals surface area (Å²) in [6.45, 7) is 2.25. The Balaban J connectivity index is 2.40. The van der Waals surface area contributed by atoms with E-state index < -0.39 is 16.2 Å². The molecular formula is C12H16ClNO2S. The van der Waals surface area contributed by atoms with Crippen molar-refractivity contribution in [3.63, 3.8) is 0 Å². The minimum atomic E-state index is -0.859. The van der Waals surface area contributed by atoms with Gasteiger partial charge in [0.2, 0.25) is 5.91 Å². The average Bonchev–Trinajstić information content (AvgIpc) is 2.38. The number of halogens is 1. The van der Waals surface area contributed by atoms with E-state index in [-0.39, 0.29) is 5.91 Å². The Bertz CT molecular complexity index is 383. The van der Waals surface area contributed by atoms with Crippen LogP contribution in [-0.4, -0.2) is 28.2 Å². The largest absolute Gasteiger partial charge is 0.354 e. The maximum absolute atomic E-state index is 11.7. The molecule has 1 N–H and O–H groups in total. The van der Waals surface area contributed by atoms with Gasteiger partial charge in [-0.2, -0.15) is 0 Å². The molecular weight excluding hydrogens is 258 g/mol. The van der Waals surface area contributed by atoms with E-state index in [0.717, 1.165) is 5.56 Å². The van der Waals surface area contributed by atoms with Crippen molar-refractivity contribution in [3.8, 4) is 0 Å². The summed E-state index contributed by atoms with van der Waals surface area (Å²) in [5.41, 5.74) is 0.767. The lowest BCUT2D eigenvalue weighted by Crippen LogP contribution is -2.30. The lowest BCUT2D eigenvalue weighted by Gasteiger charge is -2.10. The van der Waals surface area contributed by atoms with E-state index in [1.165, 1.54) is 0 Å². The van der Waals surface area contributed by atoms with Gasteiger partial charge in [-0.1, -0.05) is 37.3 Å². The molecule has 1 amide bonds. The van der Waals surface area contributed by atoms with Crippen molar-refractivity contribution >= 4 is 28.3 Å². The molecule has 0 radical (unpaired) electrons. The van der Waals surface area contributed by atoms with Crippen LogP contribution in [0.25, 0.3) is 0 Å². The SMILES string of the molecule is CCS(=O)CCNC(=O)C(Cl)c1ccccc1. The van der Waals surface area contributed by atoms with Gasteiger partial charge in [-0.3, -0.25) is 9.00 Å². The summed E-state index contributed by atoms with van der Waals surface area (Å²) in [4.78, 5) is 11.7. The van der Waals surface area contributed by atoms with Gasteiger partial charge >= 0.3 is 0 Å². The number of alkyl halides is 1. The highest BCUT2D eigenvalue weighted by molar-refractivity contribution is 7.84. The van der Waals surface area contributed by atoms with Crippen molar-refractivity contribution in [3.05, 3.63) is 35.9 Å². The van der Waals surface area contributed by atoms with Crippen molar-refractivity contribution in [2.45, 2.75) is 12.3 Å². The maximum Gasteiger partial charge on any atom is 0.242 e. The van der Waals surface area contributed by atoms with Gasteiger partial charge in [0.05, 0.1) is 0 Å². The average molecular weight is 274 g/mol. The summed E-state index contributed by atoms with van der Waals surface area (Å²) in [7, 11) is -0.859. The third kappa shape index (κ3) is 4.88. The van der Waals surface area contributed by atoms with Crippen molar-refractivity contribution in [1.82, 2.24) is 5.32 Å². The first-order valence-electron chi connectivity index (χ1n) is 5.47. The lowest BCUT2D eigenvalue weighted by atomic mass is 10.1. The number of carbonyl (C=O) groups excluding carboxylic acids is 1. The van der Waals surface area contributed by atoms with Crippen LogP contribution in [0.2, 0.25) is 0 Å². The second-order valence-corrected chi connectivity index (χ2v) is 5.80. The molecule has 17 heavy (non-hydrogen) atoms. The lowest BCUT2D eigenvalue weighted by molar-refractivity contribution is -0.120. The summed E-state index contributed by atoms with van der Waals surface area (Å²) in [5, 5.41) is 1.99. The standard InChI is InChI=1S/C12H16ClNO2S/c1-2-17(16)9-8-14-12(15)11(13)10-6-4-3-5-7-10/h3-7,11H,2,8-9H2,1H3,(H,14,15). The molecule has 0 aliphatic carbocycles. The summed E-state index contributed by atoms with van der Waals surface area (Å²) >= 11 is 6.02. The third-order valence-corrected chi connectivity index (χ3v) is 4.03. The molecule has 94 valence electrons. The van der Waals surface area contributed by atoms with E-state index in [2.05, 4.69) is 5.32 Å². The molecule has 2 unspecified atom stereocenters. The zero-order chi connectivity index (χ0) is 12.7. The second-order valence-electron chi connectivity index (χ2n) is 3.50. The zero-order valence-electron chi connectivity index (χ0n) is 9.69. The van der Waals surface area contributed by atoms with Crippen LogP contribution in [0, 0.1) is 0 Å². The quantitative estimate of drug-likeness (QED) is 0.804. The Morgan fingerprint density at radius 1 is 1.41 bits per heavy atom. The minimum absolute atomic E-state index is 0.244. The van der Waals surface area contributed by atoms with Crippen molar-refractivity contribution in [2.24, 2.45) is 0 Å². The molecule has 1 rings (SSSR count). The van der Waals surface area contributed by atoms with Gasteiger partial charge < -0.3 is 5.32 Å². The maximum atomic E-state index is 11.7. The number of benzene rings is 1. The van der Waals surface area contributed by atoms with Crippen molar-refractivity contribution in [1.29, 1.82) is 0 Å². The van der Waals surface area contributed by atoms with Crippen LogP contribution in [0.4, 0.5) is 0 Å². The summed E-state index contributed by atoms with van der Waals surface area (Å²) in [6.07, 6.45) is 0. The second kappa shape index (κ2) is 7.45. The summed E-state index contributed by atoms with van der Waals surface area (Å²) in [6, 6.07) is 9.16. The molecule has 2 atom stereocenters. The van der Waals surface area contributed by atoms with Gasteiger partial charge in [-0.25, -0.2) is 0 Å². The van der Waals surface area contributed by atoms with Gasteiger partial charge in [0.15, 0.2) is 0 Å². The number of amides is 1. The van der Waals surface area contributed by atoms with Gasteiger partial charge in [0.1, 0.15) is 5.38 Å². The first-order chi connectivity index (χ1) is 8.15. The number of nitrogens with one attached hydrogen (secondary N) is 1. The van der Waals surface area contributed by atoms with Crippen LogP contribution in [0.5, 0.6) is 0 Å². The van der Waals surface area contributed by atoms with Crippen LogP contribution < -0.4 is 5.32 Å². The molecule has 0 aliphatic heterocycles. The molecule has 1 aromatic carbocycles. The molecule has 0 spiro atoms. The molecule has 0 heterocycles. The van der Waals surface area contributed by atoms with Gasteiger partial charge in [-0.05, 0) is 5.56 Å². The van der Waals surface area contributed by atoms with Gasteiger partial charge in [0.25, 0.3) is 0 Å². The van der Waals surface area contributed by atoms with Gasteiger partial charge in [-0.15, -0.1) is 11.6 Å². The Morgan fingerprint density at radius 3 is 2.65 bits per heavy atom. The monoisotopic (exact) mass is 273 g/mol. The molecule has 1 aromatic rings. The van der Waals surface area contributed by atoms with E-state index in [9.17, 15) is 9.00 Å². The summed E-state index contributed by atoms with van der Waals surface area (Å²) in [5.74, 6) is 0.838. The third-order valence-electron chi connectivity index (χ3n) is 2.27. The molecule has 0 saturated carbocycles. The molecule has 0 saturated heterocycles. The Labute approximate surface area is 109 Å². The minimum Gasteiger partial charge on any atom is -0.354 e. The van der Waals surface area contributed by atoms with Crippen LogP contribution in [0.1, 0.15) is 17.9 Å². The molecule has 0 fully saturated rings. The number of hydrogen-bond donors (Lipinski definition) is 1. The molecule has 3 nitrogen and oxygen atoms in total. The van der Waals surface area contributed by atoms with Gasteiger partial charge in [0, 0.05) is 28.9 Å². The number of rotatable bonds is 6. The van der Waals surface area contributed by atoms with Crippen LogP contribution >= 0.6 is 11.6 Å². The summed E-state index contributed by atoms with van der Waals surface area (Å²) < 4.78 is 11.2. The first-order valence-corrected chi connectivity index (χ1v) is 7.39. The predicted molar refractivity (Wildman–Crippen MR) is 71.6 cm³/mol. The first kappa shape index (κ1) is 14.2. The Kier molecular flexibility index (Phi) is 6.22. The molecule has 0 bridgehead atoms. The van der Waals surface area contributed by atoms with E-state index in [0.29, 0.717) is 18.1 Å². The fourth-order valence-corrected chi connectivity index (χ4v) is 2.14. The number of carbonyl (C=O) groups is 1. The molecule has 5 heteroatoms. The van der Waals surface area contributed by atoms with Crippen LogP contribution in [-0.2, 0) is 15.6 Å². The van der Waals surface area contributed by atoms with E-state index in [1.807, 2.05) is 25.1 Å². The fraction of sp³-hybridized carbons (Fsp3) is 0.417. The van der Waals surface area contributed by atoms with E-state index in [4.69, 9.17) is 11.6 Å². The van der Waals surface area contributed by atoms with Crippen LogP contribution in [0.15, 0.2) is 30.3 Å². The van der Waals surface area contributed by atoms with E-state index >= 15 is 0 Å². The number of hydrogen-bond acceptors (Lipinski definition) is 2. The van der Waals surface area contributed by atoms with Crippen LogP contribution in [0.3, 0.4) is 0 Å². The smallest absolute Gasteiger partial charge is 0.242 e. The van der Waals surface area contributed by atoms with Crippen molar-refractivity contribution < 1.29 is 9.00 Å². The van der Waals surface area contributed by atoms with E-state index in [1.54, 1.807) is 12.1 Å². The molecule has 0 aliphatic rings. The predicted octanol–water partition coefficient (Wildman–Crippen LogP) is 1.85.